The van der Waals surface area contributed by atoms with E-state index >= 15 is 0 Å². The monoisotopic (exact) mass is 335 g/mol. The van der Waals surface area contributed by atoms with Crippen LogP contribution in [0.25, 0.3) is 0 Å². The summed E-state index contributed by atoms with van der Waals surface area (Å²) in [6.45, 7) is 11.6. The molecule has 0 aromatic carbocycles. The Morgan fingerprint density at radius 3 is 1.57 bits per heavy atom. The zero-order valence-electron chi connectivity index (χ0n) is 15.3. The van der Waals surface area contributed by atoms with E-state index in [9.17, 15) is 0 Å². The molecule has 0 aliphatic rings. The van der Waals surface area contributed by atoms with Crippen LogP contribution < -0.4 is 0 Å². The van der Waals surface area contributed by atoms with Crippen LogP contribution in [-0.2, 0) is 13.3 Å². The first-order chi connectivity index (χ1) is 10.0. The van der Waals surface area contributed by atoms with Gasteiger partial charge in [0.2, 0.25) is 0 Å². The van der Waals surface area contributed by atoms with Crippen molar-refractivity contribution in [2.75, 3.05) is 34.4 Å². The molecule has 6 heteroatoms. The lowest BCUT2D eigenvalue weighted by atomic mass is 10.3. The number of hydrogen-bond acceptors (Lipinski definition) is 4. The maximum atomic E-state index is 5.59. The molecule has 4 nitrogen and oxygen atoms in total. The van der Waals surface area contributed by atoms with Gasteiger partial charge in [-0.15, -0.1) is 0 Å². The van der Waals surface area contributed by atoms with Gasteiger partial charge in [0.15, 0.2) is 0 Å². The quantitative estimate of drug-likeness (QED) is 0.477. The molecule has 21 heavy (non-hydrogen) atoms. The first-order valence-corrected chi connectivity index (χ1v) is 12.9. The molecule has 0 atom stereocenters. The second kappa shape index (κ2) is 10.9. The molecule has 0 radical (unpaired) electrons. The minimum atomic E-state index is -2.46. The normalized spacial score (nSPS) is 13.1. The minimum absolute atomic E-state index is 0.884. The van der Waals surface area contributed by atoms with Crippen LogP contribution >= 0.6 is 0 Å². The molecule has 0 unspecified atom stereocenters. The Morgan fingerprint density at radius 2 is 1.24 bits per heavy atom. The van der Waals surface area contributed by atoms with Crippen molar-refractivity contribution in [3.63, 3.8) is 0 Å². The molecule has 0 heterocycles. The van der Waals surface area contributed by atoms with Crippen molar-refractivity contribution < 1.29 is 13.3 Å². The Hall–Kier alpha value is 0.274. The van der Waals surface area contributed by atoms with E-state index in [-0.39, 0.29) is 0 Å². The van der Waals surface area contributed by atoms with Gasteiger partial charge in [-0.25, -0.2) is 0 Å². The Morgan fingerprint density at radius 1 is 0.762 bits per heavy atom. The zero-order chi connectivity index (χ0) is 16.4. The van der Waals surface area contributed by atoms with E-state index < -0.39 is 17.0 Å². The summed E-state index contributed by atoms with van der Waals surface area (Å²) in [6, 6.07) is 4.86. The molecule has 0 bridgehead atoms. The van der Waals surface area contributed by atoms with Gasteiger partial charge in [-0.2, -0.15) is 0 Å². The second-order valence-electron chi connectivity index (χ2n) is 5.67. The third-order valence-electron chi connectivity index (χ3n) is 5.05. The van der Waals surface area contributed by atoms with Gasteiger partial charge in [0.05, 0.1) is 0 Å². The third kappa shape index (κ3) is 5.76. The molecule has 128 valence electrons. The molecule has 0 saturated carbocycles. The predicted octanol–water partition coefficient (Wildman–Crippen LogP) is 3.97. The summed E-state index contributed by atoms with van der Waals surface area (Å²) in [4.78, 5) is 0. The smallest absolute Gasteiger partial charge is 0.377 e. The Labute approximate surface area is 134 Å². The molecule has 0 fully saturated rings. The lowest BCUT2D eigenvalue weighted by Gasteiger charge is -2.42. The topological polar surface area (TPSA) is 30.9 Å². The molecule has 0 amide bonds. The van der Waals surface area contributed by atoms with Gasteiger partial charge in [-0.3, -0.25) is 0 Å². The van der Waals surface area contributed by atoms with E-state index in [4.69, 9.17) is 13.3 Å². The molecule has 0 spiro atoms. The van der Waals surface area contributed by atoms with Crippen molar-refractivity contribution in [1.82, 2.24) is 4.57 Å². The van der Waals surface area contributed by atoms with Crippen LogP contribution in [-0.4, -0.2) is 56.0 Å². The lowest BCUT2D eigenvalue weighted by molar-refractivity contribution is 0.121. The van der Waals surface area contributed by atoms with Crippen molar-refractivity contribution in [3.05, 3.63) is 0 Å². The van der Waals surface area contributed by atoms with Crippen LogP contribution in [0, 0.1) is 0 Å². The van der Waals surface area contributed by atoms with Crippen LogP contribution in [0.1, 0.15) is 40.5 Å². The summed E-state index contributed by atoms with van der Waals surface area (Å²) in [5.41, 5.74) is 0. The van der Waals surface area contributed by atoms with Crippen molar-refractivity contribution in [3.8, 4) is 0 Å². The molecular formula is C15H37NO3Si2. The van der Waals surface area contributed by atoms with E-state index in [1.54, 1.807) is 21.3 Å². The third-order valence-corrected chi connectivity index (χ3v) is 13.5. The van der Waals surface area contributed by atoms with E-state index in [1.165, 1.54) is 37.5 Å². The highest BCUT2D eigenvalue weighted by molar-refractivity contribution is 6.77. The van der Waals surface area contributed by atoms with Gasteiger partial charge in [-0.05, 0) is 37.6 Å². The zero-order valence-corrected chi connectivity index (χ0v) is 17.3. The van der Waals surface area contributed by atoms with Crippen LogP contribution in [0.15, 0.2) is 0 Å². The van der Waals surface area contributed by atoms with Crippen molar-refractivity contribution >= 4 is 17.0 Å². The highest BCUT2D eigenvalue weighted by Gasteiger charge is 2.41. The average Bonchev–Trinajstić information content (AvgIpc) is 2.55. The largest absolute Gasteiger partial charge is 0.501 e. The van der Waals surface area contributed by atoms with Gasteiger partial charge in [-0.1, -0.05) is 34.1 Å². The van der Waals surface area contributed by atoms with Crippen LogP contribution in [0.5, 0.6) is 0 Å². The fraction of sp³-hybridized carbons (Fsp3) is 1.00. The Bertz CT molecular complexity index is 243. The second-order valence-corrected chi connectivity index (χ2v) is 14.0. The van der Waals surface area contributed by atoms with E-state index in [2.05, 4.69) is 32.3 Å². The molecule has 0 N–H and O–H groups in total. The Kier molecular flexibility index (Phi) is 11.1. The summed E-state index contributed by atoms with van der Waals surface area (Å²) in [5.74, 6) is 0. The summed E-state index contributed by atoms with van der Waals surface area (Å²) in [7, 11) is 1.34. The molecule has 0 aliphatic heterocycles. The number of hydrogen-bond donors (Lipinski definition) is 0. The molecule has 0 saturated heterocycles. The van der Waals surface area contributed by atoms with E-state index in [0.29, 0.717) is 0 Å². The number of unbranched alkanes of at least 4 members (excludes halogenated alkanes) is 1. The highest BCUT2D eigenvalue weighted by atomic mass is 28.4. The fourth-order valence-corrected chi connectivity index (χ4v) is 9.12. The van der Waals surface area contributed by atoms with Gasteiger partial charge < -0.3 is 17.8 Å². The average molecular weight is 336 g/mol. The maximum absolute atomic E-state index is 5.59. The Balaban J connectivity index is 4.99. The fourth-order valence-electron chi connectivity index (χ4n) is 3.18. The number of nitrogens with zero attached hydrogens (tertiary/aromatic N) is 1. The molecule has 0 rings (SSSR count). The SMILES string of the molecule is CCCCN(CC[Si](OC)(OC)OC)[Si](CC)(CC)CC. The maximum Gasteiger partial charge on any atom is 0.501 e. The lowest BCUT2D eigenvalue weighted by Crippen LogP contribution is -2.55. The van der Waals surface area contributed by atoms with Crippen molar-refractivity contribution in [2.24, 2.45) is 0 Å². The van der Waals surface area contributed by atoms with Crippen molar-refractivity contribution in [2.45, 2.75) is 64.7 Å². The molecular weight excluding hydrogens is 298 g/mol. The van der Waals surface area contributed by atoms with Gasteiger partial charge in [0.25, 0.3) is 0 Å². The first kappa shape index (κ1) is 21.3. The summed E-state index contributed by atoms with van der Waals surface area (Å²) in [5, 5.41) is 0. The highest BCUT2D eigenvalue weighted by Crippen LogP contribution is 2.27. The summed E-state index contributed by atoms with van der Waals surface area (Å²) >= 11 is 0. The van der Waals surface area contributed by atoms with Crippen LogP contribution in [0.3, 0.4) is 0 Å². The van der Waals surface area contributed by atoms with Gasteiger partial charge >= 0.3 is 8.80 Å². The minimum Gasteiger partial charge on any atom is -0.377 e. The van der Waals surface area contributed by atoms with Gasteiger partial charge in [0.1, 0.15) is 8.24 Å². The first-order valence-electron chi connectivity index (χ1n) is 8.44. The molecule has 0 aromatic heterocycles. The molecule has 0 aliphatic carbocycles. The van der Waals surface area contributed by atoms with Crippen LogP contribution in [0.2, 0.25) is 24.2 Å². The molecule has 0 aromatic rings. The summed E-state index contributed by atoms with van der Waals surface area (Å²) < 4.78 is 19.6. The van der Waals surface area contributed by atoms with Gasteiger partial charge in [0, 0.05) is 27.4 Å². The van der Waals surface area contributed by atoms with E-state index in [0.717, 1.165) is 12.6 Å². The number of rotatable bonds is 13. The van der Waals surface area contributed by atoms with Crippen molar-refractivity contribution in [1.29, 1.82) is 0 Å². The van der Waals surface area contributed by atoms with Crippen LogP contribution in [0.4, 0.5) is 0 Å². The standard InChI is InChI=1S/C15H37NO3Si2/c1-8-12-13-16(20(9-2,10-3)11-4)14-15-21(17-5,18-6)19-7/h8-15H2,1-7H3. The van der Waals surface area contributed by atoms with E-state index in [1.807, 2.05) is 0 Å². The summed E-state index contributed by atoms with van der Waals surface area (Å²) in [6.07, 6.45) is 2.52. The predicted molar refractivity (Wildman–Crippen MR) is 95.3 cm³/mol.